The molecule has 19 heavy (non-hydrogen) atoms. The molecule has 6 heteroatoms. The lowest BCUT2D eigenvalue weighted by Crippen LogP contribution is -2.39. The van der Waals surface area contributed by atoms with Crippen LogP contribution in [-0.4, -0.2) is 27.3 Å². The first-order chi connectivity index (χ1) is 9.15. The molecule has 1 aliphatic heterocycles. The number of hydrogen-bond acceptors (Lipinski definition) is 3. The van der Waals surface area contributed by atoms with Crippen LogP contribution in [0, 0.1) is 6.92 Å². The highest BCUT2D eigenvalue weighted by atomic mass is 32.1. The molecule has 5 nitrogen and oxygen atoms in total. The summed E-state index contributed by atoms with van der Waals surface area (Å²) in [5, 5.41) is 10.2. The number of rotatable bonds is 1. The first-order valence-corrected chi connectivity index (χ1v) is 7.14. The number of anilines is 1. The van der Waals surface area contributed by atoms with Gasteiger partial charge in [-0.25, -0.2) is 4.79 Å². The van der Waals surface area contributed by atoms with Crippen LogP contribution < -0.4 is 5.32 Å². The zero-order valence-electron chi connectivity index (χ0n) is 11.0. The van der Waals surface area contributed by atoms with Gasteiger partial charge in [-0.15, -0.1) is 11.3 Å². The van der Waals surface area contributed by atoms with Gasteiger partial charge in [0, 0.05) is 13.6 Å². The molecule has 3 rings (SSSR count). The summed E-state index contributed by atoms with van der Waals surface area (Å²) in [5.74, 6) is 0. The molecule has 0 spiro atoms. The Hall–Kier alpha value is -1.82. The van der Waals surface area contributed by atoms with Crippen molar-refractivity contribution in [2.45, 2.75) is 19.9 Å². The molecule has 0 saturated heterocycles. The normalized spacial score (nSPS) is 14.3. The number of hydrogen-bond donors (Lipinski definition) is 1. The van der Waals surface area contributed by atoms with Crippen molar-refractivity contribution in [3.63, 3.8) is 0 Å². The van der Waals surface area contributed by atoms with Crippen LogP contribution in [0.2, 0.25) is 0 Å². The first-order valence-electron chi connectivity index (χ1n) is 6.26. The summed E-state index contributed by atoms with van der Waals surface area (Å²) >= 11 is 1.53. The van der Waals surface area contributed by atoms with Crippen molar-refractivity contribution < 1.29 is 4.79 Å². The molecule has 0 atom stereocenters. The fraction of sp³-hybridized carbons (Fsp3) is 0.385. The summed E-state index contributed by atoms with van der Waals surface area (Å²) in [5.41, 5.74) is 3.52. The molecular formula is C13H16N4OS. The Balaban J connectivity index is 1.75. The standard InChI is InChI=1S/C13H16N4OS/c1-9-10-5-6-17(8-11(10)16(2)15-9)13(18)14-12-4-3-7-19-12/h3-4,7H,5-6,8H2,1-2H3,(H,14,18). The predicted molar refractivity (Wildman–Crippen MR) is 75.4 cm³/mol. The Morgan fingerprint density at radius 2 is 2.37 bits per heavy atom. The van der Waals surface area contributed by atoms with Crippen molar-refractivity contribution in [1.82, 2.24) is 14.7 Å². The number of amides is 2. The molecule has 3 heterocycles. The number of aromatic nitrogens is 2. The molecule has 0 saturated carbocycles. The average molecular weight is 276 g/mol. The van der Waals surface area contributed by atoms with Gasteiger partial charge in [0.25, 0.3) is 0 Å². The van der Waals surface area contributed by atoms with Crippen LogP contribution in [0.3, 0.4) is 0 Å². The van der Waals surface area contributed by atoms with E-state index >= 15 is 0 Å². The third kappa shape index (κ3) is 2.23. The topological polar surface area (TPSA) is 50.2 Å². The number of fused-ring (bicyclic) bond motifs is 1. The highest BCUT2D eigenvalue weighted by molar-refractivity contribution is 7.14. The van der Waals surface area contributed by atoms with Crippen LogP contribution in [0.1, 0.15) is 17.0 Å². The number of urea groups is 1. The second-order valence-corrected chi connectivity index (χ2v) is 5.66. The minimum absolute atomic E-state index is 0.0352. The van der Waals surface area contributed by atoms with Crippen LogP contribution in [0.15, 0.2) is 17.5 Å². The summed E-state index contributed by atoms with van der Waals surface area (Å²) in [4.78, 5) is 14.0. The summed E-state index contributed by atoms with van der Waals surface area (Å²) in [6.45, 7) is 3.40. The molecule has 100 valence electrons. The molecule has 2 amide bonds. The Bertz CT molecular complexity index is 602. The number of aryl methyl sites for hydroxylation is 2. The van der Waals surface area contributed by atoms with E-state index in [1.54, 1.807) is 0 Å². The minimum atomic E-state index is -0.0352. The van der Waals surface area contributed by atoms with E-state index in [0.717, 1.165) is 29.4 Å². The quantitative estimate of drug-likeness (QED) is 0.869. The predicted octanol–water partition coefficient (Wildman–Crippen LogP) is 2.38. The molecule has 0 bridgehead atoms. The van der Waals surface area contributed by atoms with Gasteiger partial charge in [0.15, 0.2) is 0 Å². The zero-order chi connectivity index (χ0) is 13.4. The van der Waals surface area contributed by atoms with Gasteiger partial charge in [-0.3, -0.25) is 10.00 Å². The van der Waals surface area contributed by atoms with Gasteiger partial charge >= 0.3 is 6.03 Å². The van der Waals surface area contributed by atoms with Gasteiger partial charge in [0.1, 0.15) is 0 Å². The smallest absolute Gasteiger partial charge is 0.318 e. The SMILES string of the molecule is Cc1nn(C)c2c1CCN(C(=O)Nc1cccs1)C2. The van der Waals surface area contributed by atoms with Gasteiger partial charge in [-0.2, -0.15) is 5.10 Å². The molecule has 0 aromatic carbocycles. The van der Waals surface area contributed by atoms with E-state index in [0.29, 0.717) is 6.54 Å². The molecule has 0 radical (unpaired) electrons. The van der Waals surface area contributed by atoms with E-state index in [4.69, 9.17) is 0 Å². The number of carbonyl (C=O) groups is 1. The maximum Gasteiger partial charge on any atom is 0.322 e. The van der Waals surface area contributed by atoms with E-state index in [1.165, 1.54) is 16.9 Å². The maximum absolute atomic E-state index is 12.2. The molecule has 0 fully saturated rings. The van der Waals surface area contributed by atoms with Gasteiger partial charge < -0.3 is 4.90 Å². The average Bonchev–Trinajstić information content (AvgIpc) is 2.99. The molecule has 0 unspecified atom stereocenters. The lowest BCUT2D eigenvalue weighted by atomic mass is 10.1. The maximum atomic E-state index is 12.2. The van der Waals surface area contributed by atoms with E-state index in [2.05, 4.69) is 10.4 Å². The second kappa shape index (κ2) is 4.70. The van der Waals surface area contributed by atoms with Crippen LogP contribution in [0.25, 0.3) is 0 Å². The third-order valence-electron chi connectivity index (χ3n) is 3.49. The molecule has 1 N–H and O–H groups in total. The van der Waals surface area contributed by atoms with Crippen LogP contribution >= 0.6 is 11.3 Å². The summed E-state index contributed by atoms with van der Waals surface area (Å²) in [6, 6.07) is 3.80. The molecule has 0 aliphatic carbocycles. The molecule has 2 aromatic heterocycles. The van der Waals surface area contributed by atoms with Gasteiger partial charge in [-0.05, 0) is 36.4 Å². The number of carbonyl (C=O) groups excluding carboxylic acids is 1. The van der Waals surface area contributed by atoms with Crippen molar-refractivity contribution in [3.8, 4) is 0 Å². The third-order valence-corrected chi connectivity index (χ3v) is 4.27. The van der Waals surface area contributed by atoms with E-state index in [-0.39, 0.29) is 6.03 Å². The van der Waals surface area contributed by atoms with Crippen molar-refractivity contribution in [2.75, 3.05) is 11.9 Å². The van der Waals surface area contributed by atoms with Gasteiger partial charge in [0.05, 0.1) is 22.9 Å². The Labute approximate surface area is 115 Å². The lowest BCUT2D eigenvalue weighted by molar-refractivity contribution is 0.204. The van der Waals surface area contributed by atoms with Crippen LogP contribution in [0.4, 0.5) is 9.80 Å². The van der Waals surface area contributed by atoms with Crippen molar-refractivity contribution >= 4 is 22.4 Å². The summed E-state index contributed by atoms with van der Waals surface area (Å²) in [6.07, 6.45) is 0.882. The minimum Gasteiger partial charge on any atom is -0.318 e. The number of thiophene rings is 1. The summed E-state index contributed by atoms with van der Waals surface area (Å²) in [7, 11) is 1.94. The number of nitrogens with one attached hydrogen (secondary N) is 1. The highest BCUT2D eigenvalue weighted by Gasteiger charge is 2.25. The Morgan fingerprint density at radius 3 is 3.11 bits per heavy atom. The Kier molecular flexibility index (Phi) is 3.02. The second-order valence-electron chi connectivity index (χ2n) is 4.71. The Morgan fingerprint density at radius 1 is 1.53 bits per heavy atom. The van der Waals surface area contributed by atoms with Crippen molar-refractivity contribution in [2.24, 2.45) is 7.05 Å². The fourth-order valence-electron chi connectivity index (χ4n) is 2.49. The monoisotopic (exact) mass is 276 g/mol. The largest absolute Gasteiger partial charge is 0.322 e. The zero-order valence-corrected chi connectivity index (χ0v) is 11.8. The highest BCUT2D eigenvalue weighted by Crippen LogP contribution is 2.22. The molecule has 1 aliphatic rings. The molecular weight excluding hydrogens is 260 g/mol. The number of nitrogens with zero attached hydrogens (tertiary/aromatic N) is 3. The van der Waals surface area contributed by atoms with Crippen LogP contribution in [-0.2, 0) is 20.0 Å². The van der Waals surface area contributed by atoms with Crippen molar-refractivity contribution in [3.05, 3.63) is 34.5 Å². The van der Waals surface area contributed by atoms with E-state index < -0.39 is 0 Å². The van der Waals surface area contributed by atoms with Crippen molar-refractivity contribution in [1.29, 1.82) is 0 Å². The molecule has 2 aromatic rings. The van der Waals surface area contributed by atoms with Gasteiger partial charge in [-0.1, -0.05) is 0 Å². The van der Waals surface area contributed by atoms with E-state index in [1.807, 2.05) is 41.1 Å². The fourth-order valence-corrected chi connectivity index (χ4v) is 3.09. The lowest BCUT2D eigenvalue weighted by Gasteiger charge is -2.27. The van der Waals surface area contributed by atoms with Crippen LogP contribution in [0.5, 0.6) is 0 Å². The van der Waals surface area contributed by atoms with Gasteiger partial charge in [0.2, 0.25) is 0 Å². The summed E-state index contributed by atoms with van der Waals surface area (Å²) < 4.78 is 1.88. The first kappa shape index (κ1) is 12.2. The van der Waals surface area contributed by atoms with E-state index in [9.17, 15) is 4.79 Å².